The second kappa shape index (κ2) is 4.71. The van der Waals surface area contributed by atoms with Crippen molar-refractivity contribution in [3.05, 3.63) is 33.3 Å². The molecular formula is C11H14BrNO. The molecular weight excluding hydrogens is 242 g/mol. The Morgan fingerprint density at radius 1 is 1.36 bits per heavy atom. The minimum absolute atomic E-state index is 0.126. The van der Waals surface area contributed by atoms with Crippen molar-refractivity contribution in [3.63, 3.8) is 0 Å². The van der Waals surface area contributed by atoms with Crippen LogP contribution in [0.15, 0.2) is 16.6 Å². The van der Waals surface area contributed by atoms with Crippen LogP contribution < -0.4 is 5.32 Å². The average Bonchev–Trinajstić information content (AvgIpc) is 2.13. The van der Waals surface area contributed by atoms with Crippen molar-refractivity contribution in [2.24, 2.45) is 0 Å². The maximum absolute atomic E-state index is 11.7. The molecule has 1 N–H and O–H groups in total. The van der Waals surface area contributed by atoms with E-state index in [9.17, 15) is 4.79 Å². The Hall–Kier alpha value is -0.670. The Labute approximate surface area is 92.8 Å². The number of halogens is 1. The van der Waals surface area contributed by atoms with Crippen molar-refractivity contribution < 1.29 is 4.79 Å². The molecule has 0 fully saturated rings. The van der Waals surface area contributed by atoms with Gasteiger partial charge in [-0.3, -0.25) is 4.79 Å². The normalized spacial score (nSPS) is 10.3. The average molecular weight is 256 g/mol. The van der Waals surface area contributed by atoms with Crippen LogP contribution >= 0.6 is 15.9 Å². The zero-order chi connectivity index (χ0) is 10.7. The summed E-state index contributed by atoms with van der Waals surface area (Å²) in [5, 5.41) is 2.87. The third kappa shape index (κ3) is 2.22. The molecule has 0 aliphatic heterocycles. The highest BCUT2D eigenvalue weighted by Crippen LogP contribution is 2.24. The molecule has 0 heterocycles. The van der Waals surface area contributed by atoms with Crippen LogP contribution in [0, 0.1) is 13.8 Å². The molecule has 0 aliphatic rings. The predicted octanol–water partition coefficient (Wildman–Crippen LogP) is 2.47. The summed E-state index contributed by atoms with van der Waals surface area (Å²) < 4.78 is 0.915. The molecule has 76 valence electrons. The summed E-state index contributed by atoms with van der Waals surface area (Å²) in [6.07, 6.45) is 0. The van der Waals surface area contributed by atoms with Gasteiger partial charge in [0.25, 0.3) is 0 Å². The number of rotatable bonds is 3. The lowest BCUT2D eigenvalue weighted by Crippen LogP contribution is -2.20. The first kappa shape index (κ1) is 11.4. The first-order valence-electron chi connectivity index (χ1n) is 4.51. The SMILES string of the molecule is CNCC(=O)c1c(C)ccc(C)c1Br. The standard InChI is InChI=1S/C11H14BrNO/c1-7-4-5-8(2)11(12)10(7)9(14)6-13-3/h4-5,13H,6H2,1-3H3. The van der Waals surface area contributed by atoms with Gasteiger partial charge in [0, 0.05) is 10.0 Å². The largest absolute Gasteiger partial charge is 0.313 e. The van der Waals surface area contributed by atoms with E-state index in [1.54, 1.807) is 7.05 Å². The minimum Gasteiger partial charge on any atom is -0.313 e. The van der Waals surface area contributed by atoms with E-state index < -0.39 is 0 Å². The van der Waals surface area contributed by atoms with Gasteiger partial charge in [-0.05, 0) is 48.0 Å². The van der Waals surface area contributed by atoms with E-state index in [1.807, 2.05) is 26.0 Å². The number of hydrogen-bond donors (Lipinski definition) is 1. The summed E-state index contributed by atoms with van der Waals surface area (Å²) in [4.78, 5) is 11.7. The monoisotopic (exact) mass is 255 g/mol. The molecule has 0 saturated heterocycles. The van der Waals surface area contributed by atoms with Crippen molar-refractivity contribution in [3.8, 4) is 0 Å². The molecule has 2 nitrogen and oxygen atoms in total. The summed E-state index contributed by atoms with van der Waals surface area (Å²) in [6, 6.07) is 3.98. The van der Waals surface area contributed by atoms with Crippen LogP contribution in [0.2, 0.25) is 0 Å². The van der Waals surface area contributed by atoms with Crippen molar-refractivity contribution >= 4 is 21.7 Å². The minimum atomic E-state index is 0.126. The third-order valence-electron chi connectivity index (χ3n) is 2.16. The van der Waals surface area contributed by atoms with Gasteiger partial charge < -0.3 is 5.32 Å². The van der Waals surface area contributed by atoms with E-state index in [0.29, 0.717) is 6.54 Å². The number of Topliss-reactive ketones (excluding diaryl/α,β-unsaturated/α-hetero) is 1. The molecule has 1 aromatic carbocycles. The van der Waals surface area contributed by atoms with Crippen LogP contribution in [-0.2, 0) is 0 Å². The fraction of sp³-hybridized carbons (Fsp3) is 0.364. The smallest absolute Gasteiger partial charge is 0.177 e. The van der Waals surface area contributed by atoms with Crippen molar-refractivity contribution in [2.75, 3.05) is 13.6 Å². The van der Waals surface area contributed by atoms with Gasteiger partial charge in [-0.1, -0.05) is 12.1 Å². The number of carbonyl (C=O) groups is 1. The number of nitrogens with one attached hydrogen (secondary N) is 1. The number of likely N-dealkylation sites (N-methyl/N-ethyl adjacent to an activating group) is 1. The zero-order valence-corrected chi connectivity index (χ0v) is 10.2. The topological polar surface area (TPSA) is 29.1 Å². The summed E-state index contributed by atoms with van der Waals surface area (Å²) in [5.74, 6) is 0.126. The van der Waals surface area contributed by atoms with Gasteiger partial charge in [-0.25, -0.2) is 0 Å². The molecule has 14 heavy (non-hydrogen) atoms. The lowest BCUT2D eigenvalue weighted by molar-refractivity contribution is 0.0992. The van der Waals surface area contributed by atoms with Gasteiger partial charge in [-0.2, -0.15) is 0 Å². The summed E-state index contributed by atoms with van der Waals surface area (Å²) in [6.45, 7) is 4.32. The summed E-state index contributed by atoms with van der Waals surface area (Å²) in [5.41, 5.74) is 2.90. The molecule has 1 rings (SSSR count). The first-order chi connectivity index (χ1) is 6.57. The molecule has 0 radical (unpaired) electrons. The highest BCUT2D eigenvalue weighted by Gasteiger charge is 2.13. The van der Waals surface area contributed by atoms with Crippen LogP contribution in [0.3, 0.4) is 0 Å². The van der Waals surface area contributed by atoms with E-state index >= 15 is 0 Å². The molecule has 0 aliphatic carbocycles. The van der Waals surface area contributed by atoms with E-state index in [0.717, 1.165) is 21.2 Å². The zero-order valence-electron chi connectivity index (χ0n) is 8.65. The number of hydrogen-bond acceptors (Lipinski definition) is 2. The fourth-order valence-corrected chi connectivity index (χ4v) is 2.03. The number of carbonyl (C=O) groups excluding carboxylic acids is 1. The molecule has 0 aromatic heterocycles. The lowest BCUT2D eigenvalue weighted by atomic mass is 10.0. The molecule has 0 spiro atoms. The van der Waals surface area contributed by atoms with E-state index in [4.69, 9.17) is 0 Å². The number of aryl methyl sites for hydroxylation is 2. The van der Waals surface area contributed by atoms with E-state index in [1.165, 1.54) is 0 Å². The molecule has 1 aromatic rings. The Morgan fingerprint density at radius 2 is 1.93 bits per heavy atom. The second-order valence-electron chi connectivity index (χ2n) is 3.34. The summed E-state index contributed by atoms with van der Waals surface area (Å²) >= 11 is 3.45. The molecule has 0 unspecified atom stereocenters. The maximum Gasteiger partial charge on any atom is 0.177 e. The fourth-order valence-electron chi connectivity index (χ4n) is 1.37. The van der Waals surface area contributed by atoms with Gasteiger partial charge >= 0.3 is 0 Å². The number of benzene rings is 1. The van der Waals surface area contributed by atoms with Gasteiger partial charge in [0.15, 0.2) is 5.78 Å². The highest BCUT2D eigenvalue weighted by molar-refractivity contribution is 9.10. The summed E-state index contributed by atoms with van der Waals surface area (Å²) in [7, 11) is 1.77. The highest BCUT2D eigenvalue weighted by atomic mass is 79.9. The molecule has 0 atom stereocenters. The molecule has 0 amide bonds. The van der Waals surface area contributed by atoms with Gasteiger partial charge in [-0.15, -0.1) is 0 Å². The quantitative estimate of drug-likeness (QED) is 0.842. The van der Waals surface area contributed by atoms with Crippen LogP contribution in [-0.4, -0.2) is 19.4 Å². The second-order valence-corrected chi connectivity index (χ2v) is 4.13. The Balaban J connectivity index is 3.18. The van der Waals surface area contributed by atoms with E-state index in [-0.39, 0.29) is 5.78 Å². The number of ketones is 1. The Morgan fingerprint density at radius 3 is 2.50 bits per heavy atom. The molecule has 3 heteroatoms. The van der Waals surface area contributed by atoms with Crippen molar-refractivity contribution in [1.29, 1.82) is 0 Å². The third-order valence-corrected chi connectivity index (χ3v) is 3.18. The van der Waals surface area contributed by atoms with Gasteiger partial charge in [0.05, 0.1) is 6.54 Å². The lowest BCUT2D eigenvalue weighted by Gasteiger charge is -2.09. The van der Waals surface area contributed by atoms with Crippen LogP contribution in [0.1, 0.15) is 21.5 Å². The van der Waals surface area contributed by atoms with Crippen molar-refractivity contribution in [2.45, 2.75) is 13.8 Å². The predicted molar refractivity (Wildman–Crippen MR) is 61.9 cm³/mol. The van der Waals surface area contributed by atoms with Crippen LogP contribution in [0.5, 0.6) is 0 Å². The van der Waals surface area contributed by atoms with Crippen LogP contribution in [0.25, 0.3) is 0 Å². The molecule has 0 bridgehead atoms. The first-order valence-corrected chi connectivity index (χ1v) is 5.30. The van der Waals surface area contributed by atoms with Crippen molar-refractivity contribution in [1.82, 2.24) is 5.32 Å². The van der Waals surface area contributed by atoms with Gasteiger partial charge in [0.2, 0.25) is 0 Å². The Kier molecular flexibility index (Phi) is 3.84. The Bertz CT molecular complexity index is 361. The van der Waals surface area contributed by atoms with E-state index in [2.05, 4.69) is 21.2 Å². The van der Waals surface area contributed by atoms with Crippen LogP contribution in [0.4, 0.5) is 0 Å². The maximum atomic E-state index is 11.7. The van der Waals surface area contributed by atoms with Gasteiger partial charge in [0.1, 0.15) is 0 Å². The molecule has 0 saturated carbocycles.